The van der Waals surface area contributed by atoms with Gasteiger partial charge in [0.25, 0.3) is 5.56 Å². The van der Waals surface area contributed by atoms with E-state index in [2.05, 4.69) is 20.1 Å². The first-order valence-corrected chi connectivity index (χ1v) is 10.8. The Balaban J connectivity index is 1.68. The molecule has 1 N–H and O–H groups in total. The molecule has 4 aromatic heterocycles. The first-order chi connectivity index (χ1) is 16.5. The highest BCUT2D eigenvalue weighted by Gasteiger charge is 2.22. The van der Waals surface area contributed by atoms with Gasteiger partial charge >= 0.3 is 0 Å². The van der Waals surface area contributed by atoms with E-state index >= 15 is 0 Å². The maximum absolute atomic E-state index is 13.9. The lowest BCUT2D eigenvalue weighted by atomic mass is 10.1. The molecule has 0 atom stereocenters. The fourth-order valence-corrected chi connectivity index (χ4v) is 3.55. The molecule has 35 heavy (non-hydrogen) atoms. The predicted molar refractivity (Wildman–Crippen MR) is 123 cm³/mol. The minimum Gasteiger partial charge on any atom is -0.485 e. The van der Waals surface area contributed by atoms with Crippen LogP contribution in [-0.2, 0) is 19.3 Å². The summed E-state index contributed by atoms with van der Waals surface area (Å²) < 4.78 is 35.3. The highest BCUT2D eigenvalue weighted by atomic mass is 35.5. The van der Waals surface area contributed by atoms with Crippen molar-refractivity contribution in [2.24, 2.45) is 7.05 Å². The molecular formula is C23H21ClF2N6O3. The molecule has 9 nitrogen and oxygen atoms in total. The van der Waals surface area contributed by atoms with Gasteiger partial charge in [-0.3, -0.25) is 19.0 Å². The third-order valence-corrected chi connectivity index (χ3v) is 5.45. The number of hydrogen-bond donors (Lipinski definition) is 1. The lowest BCUT2D eigenvalue weighted by Gasteiger charge is -2.15. The summed E-state index contributed by atoms with van der Waals surface area (Å²) >= 11 is 6.29. The van der Waals surface area contributed by atoms with Crippen LogP contribution in [-0.4, -0.2) is 34.4 Å². The standard InChI is InChI=1S/C23H21ClF2N6O3/c1-12-7-18(35-11-17-14(26)8-13(25)10-28-17)20(24)21(33)32(12)19-9-16(30-31(19)4)15-5-6-27-22(29-15)23(2,3)34/h5-10,34H,11H2,1-4H3. The summed E-state index contributed by atoms with van der Waals surface area (Å²) in [7, 11) is 1.66. The Morgan fingerprint density at radius 1 is 1.17 bits per heavy atom. The zero-order valence-corrected chi connectivity index (χ0v) is 20.0. The van der Waals surface area contributed by atoms with Crippen LogP contribution in [0.1, 0.15) is 31.1 Å². The fourth-order valence-electron chi connectivity index (χ4n) is 3.35. The van der Waals surface area contributed by atoms with Gasteiger partial charge in [-0.1, -0.05) is 11.6 Å². The fraction of sp³-hybridized carbons (Fsp3) is 0.261. The zero-order chi connectivity index (χ0) is 25.5. The molecule has 0 aliphatic carbocycles. The molecule has 0 bridgehead atoms. The van der Waals surface area contributed by atoms with Crippen molar-refractivity contribution in [1.29, 1.82) is 0 Å². The number of aromatic nitrogens is 6. The summed E-state index contributed by atoms with van der Waals surface area (Å²) in [5.74, 6) is -1.01. The second kappa shape index (κ2) is 9.16. The molecule has 0 aliphatic rings. The molecule has 0 aromatic carbocycles. The van der Waals surface area contributed by atoms with Crippen molar-refractivity contribution < 1.29 is 18.6 Å². The minimum absolute atomic E-state index is 0.0314. The van der Waals surface area contributed by atoms with Crippen LogP contribution in [0.2, 0.25) is 5.02 Å². The van der Waals surface area contributed by atoms with E-state index in [9.17, 15) is 18.7 Å². The molecule has 0 fully saturated rings. The molecule has 0 saturated carbocycles. The molecule has 0 spiro atoms. The summed E-state index contributed by atoms with van der Waals surface area (Å²) in [6.45, 7) is 4.48. The minimum atomic E-state index is -1.24. The molecule has 4 heterocycles. The van der Waals surface area contributed by atoms with E-state index in [4.69, 9.17) is 16.3 Å². The number of nitrogens with zero attached hydrogens (tertiary/aromatic N) is 6. The SMILES string of the molecule is Cc1cc(OCc2ncc(F)cc2F)c(Cl)c(=O)n1-c1cc(-c2ccnc(C(C)(C)O)n2)nn1C. The van der Waals surface area contributed by atoms with Crippen LogP contribution in [0.5, 0.6) is 5.75 Å². The van der Waals surface area contributed by atoms with Gasteiger partial charge in [0.1, 0.15) is 46.0 Å². The molecule has 0 unspecified atom stereocenters. The van der Waals surface area contributed by atoms with Crippen molar-refractivity contribution in [3.05, 3.63) is 80.9 Å². The van der Waals surface area contributed by atoms with Crippen molar-refractivity contribution in [3.63, 3.8) is 0 Å². The Labute approximate surface area is 203 Å². The quantitative estimate of drug-likeness (QED) is 0.430. The number of hydrogen-bond acceptors (Lipinski definition) is 7. The third kappa shape index (κ3) is 4.91. The van der Waals surface area contributed by atoms with Gasteiger partial charge < -0.3 is 9.84 Å². The monoisotopic (exact) mass is 502 g/mol. The normalized spacial score (nSPS) is 11.7. The Bertz CT molecular complexity index is 1480. The highest BCUT2D eigenvalue weighted by Crippen LogP contribution is 2.26. The van der Waals surface area contributed by atoms with E-state index in [1.54, 1.807) is 40.0 Å². The second-order valence-corrected chi connectivity index (χ2v) is 8.69. The van der Waals surface area contributed by atoms with E-state index in [1.165, 1.54) is 21.5 Å². The topological polar surface area (TPSA) is 108 Å². The number of aliphatic hydroxyl groups is 1. The molecule has 0 radical (unpaired) electrons. The molecule has 0 aliphatic heterocycles. The highest BCUT2D eigenvalue weighted by molar-refractivity contribution is 6.31. The van der Waals surface area contributed by atoms with Gasteiger partial charge in [0.2, 0.25) is 0 Å². The van der Waals surface area contributed by atoms with Crippen LogP contribution in [0.3, 0.4) is 0 Å². The summed E-state index contributed by atoms with van der Waals surface area (Å²) in [5.41, 5.74) is -0.562. The lowest BCUT2D eigenvalue weighted by molar-refractivity contribution is 0.0688. The number of pyridine rings is 2. The van der Waals surface area contributed by atoms with E-state index in [0.29, 0.717) is 29.0 Å². The van der Waals surface area contributed by atoms with Crippen LogP contribution in [0, 0.1) is 18.6 Å². The first-order valence-electron chi connectivity index (χ1n) is 10.4. The maximum Gasteiger partial charge on any atom is 0.279 e. The van der Waals surface area contributed by atoms with Crippen molar-refractivity contribution in [1.82, 2.24) is 29.3 Å². The molecular weight excluding hydrogens is 482 g/mol. The van der Waals surface area contributed by atoms with Crippen molar-refractivity contribution in [3.8, 4) is 23.0 Å². The van der Waals surface area contributed by atoms with Gasteiger partial charge in [-0.05, 0) is 26.8 Å². The van der Waals surface area contributed by atoms with Crippen LogP contribution < -0.4 is 10.3 Å². The Morgan fingerprint density at radius 2 is 1.91 bits per heavy atom. The zero-order valence-electron chi connectivity index (χ0n) is 19.3. The maximum atomic E-state index is 13.9. The van der Waals surface area contributed by atoms with Gasteiger partial charge in [-0.25, -0.2) is 18.7 Å². The summed E-state index contributed by atoms with van der Waals surface area (Å²) in [4.78, 5) is 25.3. The Morgan fingerprint density at radius 3 is 2.60 bits per heavy atom. The third-order valence-electron chi connectivity index (χ3n) is 5.10. The van der Waals surface area contributed by atoms with Gasteiger partial charge in [-0.2, -0.15) is 5.10 Å². The van der Waals surface area contributed by atoms with Crippen LogP contribution in [0.15, 0.2) is 41.5 Å². The number of aryl methyl sites for hydroxylation is 2. The summed E-state index contributed by atoms with van der Waals surface area (Å²) in [6, 6.07) is 5.51. The predicted octanol–water partition coefficient (Wildman–Crippen LogP) is 3.47. The Hall–Kier alpha value is -3.70. The number of halogens is 3. The van der Waals surface area contributed by atoms with Gasteiger partial charge in [0.05, 0.1) is 11.9 Å². The average Bonchev–Trinajstić information content (AvgIpc) is 3.17. The average molecular weight is 503 g/mol. The van der Waals surface area contributed by atoms with E-state index in [-0.39, 0.29) is 28.9 Å². The van der Waals surface area contributed by atoms with Crippen LogP contribution in [0.4, 0.5) is 8.78 Å². The van der Waals surface area contributed by atoms with E-state index in [1.807, 2.05) is 0 Å². The first kappa shape index (κ1) is 24.4. The van der Waals surface area contributed by atoms with Crippen molar-refractivity contribution in [2.45, 2.75) is 33.0 Å². The van der Waals surface area contributed by atoms with E-state index < -0.39 is 22.8 Å². The van der Waals surface area contributed by atoms with Crippen molar-refractivity contribution in [2.75, 3.05) is 0 Å². The Kier molecular flexibility index (Phi) is 6.39. The smallest absolute Gasteiger partial charge is 0.279 e. The van der Waals surface area contributed by atoms with Gasteiger partial charge in [-0.15, -0.1) is 0 Å². The van der Waals surface area contributed by atoms with Gasteiger partial charge in [0, 0.05) is 37.1 Å². The van der Waals surface area contributed by atoms with Gasteiger partial charge in [0.15, 0.2) is 11.6 Å². The van der Waals surface area contributed by atoms with Crippen LogP contribution >= 0.6 is 11.6 Å². The molecule has 0 saturated heterocycles. The molecule has 182 valence electrons. The van der Waals surface area contributed by atoms with Crippen molar-refractivity contribution >= 4 is 11.6 Å². The molecule has 4 aromatic rings. The lowest BCUT2D eigenvalue weighted by Crippen LogP contribution is -2.23. The summed E-state index contributed by atoms with van der Waals surface area (Å²) in [6.07, 6.45) is 2.39. The van der Waals surface area contributed by atoms with Crippen LogP contribution in [0.25, 0.3) is 17.2 Å². The van der Waals surface area contributed by atoms with E-state index in [0.717, 1.165) is 6.20 Å². The molecule has 0 amide bonds. The number of ether oxygens (including phenoxy) is 1. The second-order valence-electron chi connectivity index (χ2n) is 8.31. The molecule has 12 heteroatoms. The molecule has 4 rings (SSSR count). The summed E-state index contributed by atoms with van der Waals surface area (Å²) in [5, 5.41) is 14.4. The largest absolute Gasteiger partial charge is 0.485 e. The number of rotatable bonds is 6.